The molecule has 2 aromatic rings. The third-order valence-electron chi connectivity index (χ3n) is 2.57. The van der Waals surface area contributed by atoms with Crippen LogP contribution in [0.4, 0.5) is 5.82 Å². The van der Waals surface area contributed by atoms with Gasteiger partial charge in [-0.1, -0.05) is 29.8 Å². The maximum atomic E-state index is 5.92. The maximum absolute atomic E-state index is 5.92. The molecule has 1 N–H and O–H groups in total. The average Bonchev–Trinajstić information content (AvgIpc) is 2.40. The van der Waals surface area contributed by atoms with Crippen LogP contribution in [0.1, 0.15) is 18.2 Å². The molecule has 1 aromatic heterocycles. The molecular formula is C15H17ClN2O. The van der Waals surface area contributed by atoms with E-state index in [0.29, 0.717) is 13.2 Å². The van der Waals surface area contributed by atoms with Crippen LogP contribution in [-0.2, 0) is 18.0 Å². The first-order valence-corrected chi connectivity index (χ1v) is 6.67. The second-order valence-electron chi connectivity index (χ2n) is 4.17. The molecule has 1 aromatic carbocycles. The lowest BCUT2D eigenvalue weighted by Crippen LogP contribution is -2.02. The molecule has 0 fully saturated rings. The minimum atomic E-state index is 0.492. The number of rotatable bonds is 6. The fourth-order valence-corrected chi connectivity index (χ4v) is 1.95. The molecule has 0 aliphatic carbocycles. The van der Waals surface area contributed by atoms with E-state index in [1.54, 1.807) is 0 Å². The zero-order chi connectivity index (χ0) is 13.5. The van der Waals surface area contributed by atoms with E-state index in [1.165, 1.54) is 0 Å². The number of ether oxygens (including phenoxy) is 1. The number of hydrogen-bond acceptors (Lipinski definition) is 3. The van der Waals surface area contributed by atoms with Gasteiger partial charge in [0.1, 0.15) is 5.82 Å². The topological polar surface area (TPSA) is 34.1 Å². The Balaban J connectivity index is 1.87. The van der Waals surface area contributed by atoms with E-state index in [2.05, 4.69) is 10.3 Å². The van der Waals surface area contributed by atoms with E-state index in [-0.39, 0.29) is 0 Å². The number of nitrogens with zero attached hydrogens (tertiary/aromatic N) is 1. The van der Waals surface area contributed by atoms with Gasteiger partial charge < -0.3 is 10.1 Å². The van der Waals surface area contributed by atoms with E-state index < -0.39 is 0 Å². The maximum Gasteiger partial charge on any atom is 0.126 e. The van der Waals surface area contributed by atoms with Crippen LogP contribution in [0.5, 0.6) is 0 Å². The van der Waals surface area contributed by atoms with Gasteiger partial charge in [0.25, 0.3) is 0 Å². The second-order valence-corrected chi connectivity index (χ2v) is 4.60. The SMILES string of the molecule is CCNc1cccc(COCc2cccc(Cl)c2)n1. The molecule has 0 saturated carbocycles. The summed E-state index contributed by atoms with van der Waals surface area (Å²) in [6, 6.07) is 13.6. The minimum absolute atomic E-state index is 0.492. The molecule has 0 atom stereocenters. The highest BCUT2D eigenvalue weighted by atomic mass is 35.5. The third kappa shape index (κ3) is 4.54. The molecule has 2 rings (SSSR count). The van der Waals surface area contributed by atoms with Gasteiger partial charge in [0.2, 0.25) is 0 Å². The minimum Gasteiger partial charge on any atom is -0.370 e. The smallest absolute Gasteiger partial charge is 0.126 e. The molecule has 4 heteroatoms. The van der Waals surface area contributed by atoms with Crippen LogP contribution in [0.25, 0.3) is 0 Å². The highest BCUT2D eigenvalue weighted by Gasteiger charge is 1.99. The van der Waals surface area contributed by atoms with Crippen LogP contribution in [0.15, 0.2) is 42.5 Å². The number of hydrogen-bond donors (Lipinski definition) is 1. The summed E-state index contributed by atoms with van der Waals surface area (Å²) in [5.41, 5.74) is 1.98. The summed E-state index contributed by atoms with van der Waals surface area (Å²) in [4.78, 5) is 4.45. The summed E-state index contributed by atoms with van der Waals surface area (Å²) in [7, 11) is 0. The van der Waals surface area contributed by atoms with E-state index in [1.807, 2.05) is 49.4 Å². The van der Waals surface area contributed by atoms with Crippen molar-refractivity contribution in [2.75, 3.05) is 11.9 Å². The molecular weight excluding hydrogens is 260 g/mol. The molecule has 19 heavy (non-hydrogen) atoms. The molecule has 0 spiro atoms. The van der Waals surface area contributed by atoms with Gasteiger partial charge in [0.05, 0.1) is 18.9 Å². The summed E-state index contributed by atoms with van der Waals surface area (Å²) in [6.45, 7) is 3.93. The molecule has 3 nitrogen and oxygen atoms in total. The first-order valence-electron chi connectivity index (χ1n) is 6.30. The molecule has 0 amide bonds. The zero-order valence-electron chi connectivity index (χ0n) is 10.9. The fraction of sp³-hybridized carbons (Fsp3) is 0.267. The van der Waals surface area contributed by atoms with Crippen LogP contribution in [0.2, 0.25) is 5.02 Å². The molecule has 100 valence electrons. The zero-order valence-corrected chi connectivity index (χ0v) is 11.7. The van der Waals surface area contributed by atoms with Crippen molar-refractivity contribution in [2.45, 2.75) is 20.1 Å². The Morgan fingerprint density at radius 3 is 2.79 bits per heavy atom. The van der Waals surface area contributed by atoms with E-state index in [9.17, 15) is 0 Å². The molecule has 0 aliphatic rings. The fourth-order valence-electron chi connectivity index (χ4n) is 1.74. The Labute approximate surface area is 118 Å². The lowest BCUT2D eigenvalue weighted by atomic mass is 10.2. The molecule has 0 unspecified atom stereocenters. The molecule has 0 aliphatic heterocycles. The monoisotopic (exact) mass is 276 g/mol. The largest absolute Gasteiger partial charge is 0.370 e. The van der Waals surface area contributed by atoms with E-state index >= 15 is 0 Å². The van der Waals surface area contributed by atoms with Crippen LogP contribution in [0, 0.1) is 0 Å². The lowest BCUT2D eigenvalue weighted by Gasteiger charge is -2.07. The first kappa shape index (κ1) is 13.8. The van der Waals surface area contributed by atoms with Crippen molar-refractivity contribution >= 4 is 17.4 Å². The molecule has 0 radical (unpaired) electrons. The standard InChI is InChI=1S/C15H17ClN2O/c1-2-17-15-8-4-7-14(18-15)11-19-10-12-5-3-6-13(16)9-12/h3-9H,2,10-11H2,1H3,(H,17,18). The summed E-state index contributed by atoms with van der Waals surface area (Å²) in [5.74, 6) is 0.881. The van der Waals surface area contributed by atoms with Crippen molar-refractivity contribution in [3.8, 4) is 0 Å². The number of nitrogens with one attached hydrogen (secondary N) is 1. The van der Waals surface area contributed by atoms with Gasteiger partial charge in [-0.2, -0.15) is 0 Å². The third-order valence-corrected chi connectivity index (χ3v) is 2.81. The number of anilines is 1. The first-order chi connectivity index (χ1) is 9.28. The van der Waals surface area contributed by atoms with Gasteiger partial charge >= 0.3 is 0 Å². The van der Waals surface area contributed by atoms with E-state index in [4.69, 9.17) is 16.3 Å². The summed E-state index contributed by atoms with van der Waals surface area (Å²) >= 11 is 5.92. The predicted octanol–water partition coefficient (Wildman–Crippen LogP) is 3.88. The van der Waals surface area contributed by atoms with Crippen LogP contribution < -0.4 is 5.32 Å². The number of pyridine rings is 1. The Morgan fingerprint density at radius 1 is 1.16 bits per heavy atom. The van der Waals surface area contributed by atoms with E-state index in [0.717, 1.165) is 28.6 Å². The van der Waals surface area contributed by atoms with Crippen LogP contribution >= 0.6 is 11.6 Å². The van der Waals surface area contributed by atoms with Gasteiger partial charge in [-0.05, 0) is 36.8 Å². The van der Waals surface area contributed by atoms with Crippen molar-refractivity contribution in [2.24, 2.45) is 0 Å². The Kier molecular flexibility index (Phi) is 5.19. The summed E-state index contributed by atoms with van der Waals surface area (Å²) in [6.07, 6.45) is 0. The Morgan fingerprint density at radius 2 is 2.00 bits per heavy atom. The molecule has 0 saturated heterocycles. The average molecular weight is 277 g/mol. The van der Waals surface area contributed by atoms with Gasteiger partial charge in [0, 0.05) is 11.6 Å². The van der Waals surface area contributed by atoms with Gasteiger partial charge in [-0.15, -0.1) is 0 Å². The van der Waals surface area contributed by atoms with Crippen molar-refractivity contribution in [3.63, 3.8) is 0 Å². The Bertz CT molecular complexity index is 531. The van der Waals surface area contributed by atoms with Gasteiger partial charge in [-0.25, -0.2) is 4.98 Å². The number of halogens is 1. The highest BCUT2D eigenvalue weighted by molar-refractivity contribution is 6.30. The second kappa shape index (κ2) is 7.12. The van der Waals surface area contributed by atoms with Crippen molar-refractivity contribution in [1.82, 2.24) is 4.98 Å². The quantitative estimate of drug-likeness (QED) is 0.869. The number of benzene rings is 1. The van der Waals surface area contributed by atoms with Crippen molar-refractivity contribution < 1.29 is 4.74 Å². The Hall–Kier alpha value is -1.58. The van der Waals surface area contributed by atoms with Crippen LogP contribution in [-0.4, -0.2) is 11.5 Å². The molecule has 1 heterocycles. The van der Waals surface area contributed by atoms with Crippen molar-refractivity contribution in [1.29, 1.82) is 0 Å². The van der Waals surface area contributed by atoms with Gasteiger partial charge in [-0.3, -0.25) is 0 Å². The normalized spacial score (nSPS) is 10.4. The van der Waals surface area contributed by atoms with Crippen LogP contribution in [0.3, 0.4) is 0 Å². The highest BCUT2D eigenvalue weighted by Crippen LogP contribution is 2.12. The predicted molar refractivity (Wildman–Crippen MR) is 78.3 cm³/mol. The lowest BCUT2D eigenvalue weighted by molar-refractivity contribution is 0.104. The van der Waals surface area contributed by atoms with Crippen molar-refractivity contribution in [3.05, 3.63) is 58.7 Å². The summed E-state index contributed by atoms with van der Waals surface area (Å²) < 4.78 is 5.64. The number of aromatic nitrogens is 1. The molecule has 0 bridgehead atoms. The summed E-state index contributed by atoms with van der Waals surface area (Å²) in [5, 5.41) is 3.91. The van der Waals surface area contributed by atoms with Gasteiger partial charge in [0.15, 0.2) is 0 Å².